The molecule has 0 aromatic carbocycles. The van der Waals surface area contributed by atoms with Crippen molar-refractivity contribution < 1.29 is 5.11 Å². The molecule has 0 heterocycles. The third kappa shape index (κ3) is 1.94. The van der Waals surface area contributed by atoms with E-state index >= 15 is 0 Å². The predicted octanol–water partition coefficient (Wildman–Crippen LogP) is 1.13. The number of aliphatic hydroxyl groups is 1. The van der Waals surface area contributed by atoms with Crippen LogP contribution in [0.1, 0.15) is 33.1 Å². The Kier molecular flexibility index (Phi) is 2.90. The lowest BCUT2D eigenvalue weighted by atomic mass is 9.90. The molecule has 1 aliphatic rings. The second-order valence-electron chi connectivity index (χ2n) is 3.99. The van der Waals surface area contributed by atoms with Crippen LogP contribution in [0.5, 0.6) is 0 Å². The Morgan fingerprint density at radius 1 is 1.36 bits per heavy atom. The van der Waals surface area contributed by atoms with Crippen LogP contribution in [0.3, 0.4) is 0 Å². The molecule has 3 unspecified atom stereocenters. The highest BCUT2D eigenvalue weighted by Crippen LogP contribution is 2.29. The maximum atomic E-state index is 9.72. The summed E-state index contributed by atoms with van der Waals surface area (Å²) in [7, 11) is 0. The fourth-order valence-electron chi connectivity index (χ4n) is 1.94. The summed E-state index contributed by atoms with van der Waals surface area (Å²) in [6.45, 7) is 4.10. The molecular formula is C9H19NO. The molecule has 1 rings (SSSR count). The van der Waals surface area contributed by atoms with Crippen molar-refractivity contribution in [1.82, 2.24) is 0 Å². The van der Waals surface area contributed by atoms with Crippen LogP contribution in [0, 0.1) is 11.8 Å². The molecule has 1 aliphatic carbocycles. The zero-order valence-corrected chi connectivity index (χ0v) is 7.46. The molecule has 0 bridgehead atoms. The van der Waals surface area contributed by atoms with Gasteiger partial charge in [-0.3, -0.25) is 0 Å². The third-order valence-corrected chi connectivity index (χ3v) is 2.75. The average molecular weight is 157 g/mol. The summed E-state index contributed by atoms with van der Waals surface area (Å²) in [5.41, 5.74) is 5.86. The standard InChI is InChI=1S/C9H19NO/c1-6(2)9(11)7-4-3-5-8(7)10/h6-9,11H,3-5,10H2,1-2H3. The van der Waals surface area contributed by atoms with Crippen molar-refractivity contribution in [2.24, 2.45) is 17.6 Å². The molecule has 11 heavy (non-hydrogen) atoms. The van der Waals surface area contributed by atoms with Crippen molar-refractivity contribution in [3.8, 4) is 0 Å². The third-order valence-electron chi connectivity index (χ3n) is 2.75. The monoisotopic (exact) mass is 157 g/mol. The second-order valence-corrected chi connectivity index (χ2v) is 3.99. The first kappa shape index (κ1) is 9.01. The Hall–Kier alpha value is -0.0800. The van der Waals surface area contributed by atoms with Gasteiger partial charge in [0.25, 0.3) is 0 Å². The van der Waals surface area contributed by atoms with Gasteiger partial charge in [-0.25, -0.2) is 0 Å². The van der Waals surface area contributed by atoms with E-state index in [2.05, 4.69) is 13.8 Å². The van der Waals surface area contributed by atoms with Crippen LogP contribution in [0.2, 0.25) is 0 Å². The van der Waals surface area contributed by atoms with Gasteiger partial charge in [0, 0.05) is 12.0 Å². The SMILES string of the molecule is CC(C)C(O)C1CCCC1N. The van der Waals surface area contributed by atoms with E-state index in [0.717, 1.165) is 12.8 Å². The summed E-state index contributed by atoms with van der Waals surface area (Å²) in [6, 6.07) is 0.243. The van der Waals surface area contributed by atoms with E-state index in [1.807, 2.05) is 0 Å². The van der Waals surface area contributed by atoms with Gasteiger partial charge in [0.15, 0.2) is 0 Å². The Labute approximate surface area is 68.8 Å². The molecular weight excluding hydrogens is 138 g/mol. The zero-order chi connectivity index (χ0) is 8.43. The molecule has 1 fully saturated rings. The number of hydrogen-bond donors (Lipinski definition) is 2. The Morgan fingerprint density at radius 2 is 2.00 bits per heavy atom. The topological polar surface area (TPSA) is 46.2 Å². The largest absolute Gasteiger partial charge is 0.393 e. The highest BCUT2D eigenvalue weighted by atomic mass is 16.3. The molecule has 0 spiro atoms. The van der Waals surface area contributed by atoms with Gasteiger partial charge in [-0.05, 0) is 18.8 Å². The Bertz CT molecular complexity index is 125. The van der Waals surface area contributed by atoms with E-state index in [4.69, 9.17) is 5.73 Å². The number of nitrogens with two attached hydrogens (primary N) is 1. The first-order valence-electron chi connectivity index (χ1n) is 4.56. The van der Waals surface area contributed by atoms with Gasteiger partial charge in [-0.2, -0.15) is 0 Å². The maximum absolute atomic E-state index is 9.72. The minimum atomic E-state index is -0.188. The molecule has 0 aliphatic heterocycles. The lowest BCUT2D eigenvalue weighted by Gasteiger charge is -2.24. The molecule has 0 radical (unpaired) electrons. The molecule has 1 saturated carbocycles. The predicted molar refractivity (Wildman–Crippen MR) is 46.2 cm³/mol. The minimum Gasteiger partial charge on any atom is -0.393 e. The molecule has 66 valence electrons. The molecule has 0 saturated heterocycles. The fraction of sp³-hybridized carbons (Fsp3) is 1.00. The lowest BCUT2D eigenvalue weighted by Crippen LogP contribution is -2.36. The van der Waals surface area contributed by atoms with E-state index in [0.29, 0.717) is 11.8 Å². The molecule has 0 aromatic rings. The first-order valence-corrected chi connectivity index (χ1v) is 4.56. The van der Waals surface area contributed by atoms with Crippen molar-refractivity contribution in [2.75, 3.05) is 0 Å². The van der Waals surface area contributed by atoms with Gasteiger partial charge in [-0.1, -0.05) is 20.3 Å². The molecule has 2 nitrogen and oxygen atoms in total. The van der Waals surface area contributed by atoms with E-state index in [1.165, 1.54) is 6.42 Å². The Morgan fingerprint density at radius 3 is 2.36 bits per heavy atom. The highest BCUT2D eigenvalue weighted by molar-refractivity contribution is 4.86. The summed E-state index contributed by atoms with van der Waals surface area (Å²) in [4.78, 5) is 0. The molecule has 0 amide bonds. The van der Waals surface area contributed by atoms with Crippen LogP contribution in [-0.4, -0.2) is 17.3 Å². The van der Waals surface area contributed by atoms with Crippen LogP contribution >= 0.6 is 0 Å². The molecule has 3 N–H and O–H groups in total. The number of aliphatic hydroxyl groups excluding tert-OH is 1. The fourth-order valence-corrected chi connectivity index (χ4v) is 1.94. The van der Waals surface area contributed by atoms with E-state index in [1.54, 1.807) is 0 Å². The summed E-state index contributed by atoms with van der Waals surface area (Å²) >= 11 is 0. The van der Waals surface area contributed by atoms with Crippen LogP contribution in [0.4, 0.5) is 0 Å². The maximum Gasteiger partial charge on any atom is 0.0606 e. The first-order chi connectivity index (χ1) is 5.13. The van der Waals surface area contributed by atoms with Gasteiger partial charge in [-0.15, -0.1) is 0 Å². The van der Waals surface area contributed by atoms with Gasteiger partial charge in [0.05, 0.1) is 6.10 Å². The van der Waals surface area contributed by atoms with Gasteiger partial charge in [0.2, 0.25) is 0 Å². The van der Waals surface area contributed by atoms with Gasteiger partial charge >= 0.3 is 0 Å². The minimum absolute atomic E-state index is 0.188. The lowest BCUT2D eigenvalue weighted by molar-refractivity contribution is 0.0605. The average Bonchev–Trinajstić information content (AvgIpc) is 2.33. The van der Waals surface area contributed by atoms with Crippen molar-refractivity contribution in [3.05, 3.63) is 0 Å². The normalized spacial score (nSPS) is 34.6. The molecule has 2 heteroatoms. The summed E-state index contributed by atoms with van der Waals surface area (Å²) in [6.07, 6.45) is 3.21. The van der Waals surface area contributed by atoms with Crippen molar-refractivity contribution in [2.45, 2.75) is 45.3 Å². The second kappa shape index (κ2) is 3.55. The summed E-state index contributed by atoms with van der Waals surface area (Å²) in [5.74, 6) is 0.708. The summed E-state index contributed by atoms with van der Waals surface area (Å²) in [5, 5.41) is 9.72. The number of rotatable bonds is 2. The quantitative estimate of drug-likeness (QED) is 0.631. The van der Waals surface area contributed by atoms with E-state index in [-0.39, 0.29) is 12.1 Å². The molecule has 0 aromatic heterocycles. The van der Waals surface area contributed by atoms with Gasteiger partial charge < -0.3 is 10.8 Å². The molecule has 3 atom stereocenters. The zero-order valence-electron chi connectivity index (χ0n) is 7.46. The Balaban J connectivity index is 2.45. The van der Waals surface area contributed by atoms with E-state index in [9.17, 15) is 5.11 Å². The van der Waals surface area contributed by atoms with Crippen LogP contribution in [0.25, 0.3) is 0 Å². The van der Waals surface area contributed by atoms with Crippen molar-refractivity contribution >= 4 is 0 Å². The van der Waals surface area contributed by atoms with Gasteiger partial charge in [0.1, 0.15) is 0 Å². The van der Waals surface area contributed by atoms with Crippen molar-refractivity contribution in [3.63, 3.8) is 0 Å². The van der Waals surface area contributed by atoms with Crippen LogP contribution in [0.15, 0.2) is 0 Å². The van der Waals surface area contributed by atoms with Crippen molar-refractivity contribution in [1.29, 1.82) is 0 Å². The van der Waals surface area contributed by atoms with E-state index < -0.39 is 0 Å². The number of hydrogen-bond acceptors (Lipinski definition) is 2. The summed E-state index contributed by atoms with van der Waals surface area (Å²) < 4.78 is 0. The highest BCUT2D eigenvalue weighted by Gasteiger charge is 2.31. The van der Waals surface area contributed by atoms with Crippen LogP contribution < -0.4 is 5.73 Å². The smallest absolute Gasteiger partial charge is 0.0606 e. The van der Waals surface area contributed by atoms with Crippen LogP contribution in [-0.2, 0) is 0 Å².